The Bertz CT molecular complexity index is 466. The van der Waals surface area contributed by atoms with Crippen LogP contribution in [0.3, 0.4) is 0 Å². The Labute approximate surface area is 96.9 Å². The molecule has 15 heavy (non-hydrogen) atoms. The summed E-state index contributed by atoms with van der Waals surface area (Å²) in [4.78, 5) is 3.13. The maximum atomic E-state index is 5.03. The van der Waals surface area contributed by atoms with Crippen molar-refractivity contribution in [3.8, 4) is 0 Å². The summed E-state index contributed by atoms with van der Waals surface area (Å²) in [7, 11) is 0. The van der Waals surface area contributed by atoms with Gasteiger partial charge in [0.2, 0.25) is 0 Å². The van der Waals surface area contributed by atoms with E-state index in [-0.39, 0.29) is 0 Å². The maximum Gasteiger partial charge on any atom is 0.103 e. The number of hydrogen-bond acceptors (Lipinski definition) is 1. The fourth-order valence-corrected chi connectivity index (χ4v) is 1.26. The molecule has 2 heteroatoms. The van der Waals surface area contributed by atoms with Gasteiger partial charge in [-0.25, -0.2) is 0 Å². The van der Waals surface area contributed by atoms with Crippen LogP contribution in [0.4, 0.5) is 0 Å². The standard InChI is InChI=1S/C11H13NS.C2H6/c1-3-5-6-9-7-8-11(13)12-10(9)4-2;1-2/h3-8H,1-2H3,(H,12,13);1-2H3/b5-3-,9-6-,10-4+;. The number of H-pyrrole nitrogens is 1. The molecule has 0 aliphatic heterocycles. The van der Waals surface area contributed by atoms with Crippen molar-refractivity contribution in [3.63, 3.8) is 0 Å². The van der Waals surface area contributed by atoms with Crippen LogP contribution < -0.4 is 10.6 Å². The van der Waals surface area contributed by atoms with E-state index in [1.165, 1.54) is 0 Å². The molecule has 0 spiro atoms. The number of aromatic amines is 1. The number of hydrogen-bond donors (Lipinski definition) is 1. The van der Waals surface area contributed by atoms with E-state index in [2.05, 4.69) is 11.1 Å². The highest BCUT2D eigenvalue weighted by molar-refractivity contribution is 7.71. The summed E-state index contributed by atoms with van der Waals surface area (Å²) in [5.41, 5.74) is 0. The quantitative estimate of drug-likeness (QED) is 0.721. The van der Waals surface area contributed by atoms with Crippen molar-refractivity contribution in [2.24, 2.45) is 0 Å². The van der Waals surface area contributed by atoms with Crippen molar-refractivity contribution in [2.75, 3.05) is 0 Å². The Morgan fingerprint density at radius 3 is 2.40 bits per heavy atom. The number of nitrogens with one attached hydrogen (secondary N) is 1. The Balaban J connectivity index is 0.000000921. The summed E-state index contributed by atoms with van der Waals surface area (Å²) < 4.78 is 0.769. The molecular weight excluding hydrogens is 202 g/mol. The van der Waals surface area contributed by atoms with E-state index in [4.69, 9.17) is 12.2 Å². The molecule has 1 nitrogen and oxygen atoms in total. The predicted octanol–water partition coefficient (Wildman–Crippen LogP) is 2.93. The van der Waals surface area contributed by atoms with Crippen LogP contribution in [-0.2, 0) is 0 Å². The van der Waals surface area contributed by atoms with Crippen molar-refractivity contribution in [3.05, 3.63) is 39.5 Å². The van der Waals surface area contributed by atoms with Gasteiger partial charge in [-0.05, 0) is 31.2 Å². The first-order valence-electron chi connectivity index (χ1n) is 5.26. The monoisotopic (exact) mass is 221 g/mol. The minimum Gasteiger partial charge on any atom is -0.346 e. The summed E-state index contributed by atoms with van der Waals surface area (Å²) in [6, 6.07) is 3.92. The molecule has 0 unspecified atom stereocenters. The van der Waals surface area contributed by atoms with Crippen molar-refractivity contribution in [1.82, 2.24) is 4.98 Å². The SMILES string of the molecule is CC.C\C=C/C=c1/ccc(=S)[nH]/c1=C/C. The fraction of sp³-hybridized carbons (Fsp3) is 0.308. The van der Waals surface area contributed by atoms with Gasteiger partial charge < -0.3 is 4.98 Å². The van der Waals surface area contributed by atoms with Gasteiger partial charge in [0.1, 0.15) is 4.64 Å². The van der Waals surface area contributed by atoms with Gasteiger partial charge in [0.05, 0.1) is 0 Å². The highest BCUT2D eigenvalue weighted by atomic mass is 32.1. The second-order valence-corrected chi connectivity index (χ2v) is 3.11. The van der Waals surface area contributed by atoms with E-state index >= 15 is 0 Å². The smallest absolute Gasteiger partial charge is 0.103 e. The van der Waals surface area contributed by atoms with Crippen LogP contribution in [0.25, 0.3) is 12.2 Å². The molecule has 0 bridgehead atoms. The fourth-order valence-electron chi connectivity index (χ4n) is 1.09. The Morgan fingerprint density at radius 1 is 1.20 bits per heavy atom. The summed E-state index contributed by atoms with van der Waals surface area (Å²) >= 11 is 5.03. The molecule has 0 aliphatic rings. The van der Waals surface area contributed by atoms with E-state index in [0.29, 0.717) is 0 Å². The third kappa shape index (κ3) is 4.75. The molecule has 0 fully saturated rings. The molecule has 0 radical (unpaired) electrons. The molecule has 82 valence electrons. The van der Waals surface area contributed by atoms with Crippen molar-refractivity contribution in [2.45, 2.75) is 27.7 Å². The number of allylic oxidation sites excluding steroid dienone is 2. The summed E-state index contributed by atoms with van der Waals surface area (Å²) in [6.45, 7) is 7.99. The maximum absolute atomic E-state index is 5.03. The lowest BCUT2D eigenvalue weighted by Gasteiger charge is -1.89. The molecule has 0 aliphatic carbocycles. The van der Waals surface area contributed by atoms with E-state index in [1.807, 2.05) is 58.1 Å². The summed E-state index contributed by atoms with van der Waals surface area (Å²) in [5.74, 6) is 0. The third-order valence-electron chi connectivity index (χ3n) is 1.74. The molecule has 0 amide bonds. The molecule has 0 saturated carbocycles. The zero-order valence-corrected chi connectivity index (χ0v) is 10.7. The highest BCUT2D eigenvalue weighted by Gasteiger charge is 1.81. The van der Waals surface area contributed by atoms with Gasteiger partial charge in [0.25, 0.3) is 0 Å². The zero-order chi connectivity index (χ0) is 11.7. The van der Waals surface area contributed by atoms with Crippen LogP contribution in [0.15, 0.2) is 24.3 Å². The average molecular weight is 221 g/mol. The first kappa shape index (κ1) is 13.8. The normalized spacial score (nSPS) is 12.8. The van der Waals surface area contributed by atoms with Crippen molar-refractivity contribution < 1.29 is 0 Å². The topological polar surface area (TPSA) is 15.8 Å². The van der Waals surface area contributed by atoms with Gasteiger partial charge >= 0.3 is 0 Å². The van der Waals surface area contributed by atoms with E-state index in [1.54, 1.807) is 0 Å². The van der Waals surface area contributed by atoms with Gasteiger partial charge in [0, 0.05) is 5.35 Å². The summed E-state index contributed by atoms with van der Waals surface area (Å²) in [6.07, 6.45) is 8.09. The van der Waals surface area contributed by atoms with Crippen LogP contribution in [0.2, 0.25) is 0 Å². The lowest BCUT2D eigenvalue weighted by atomic mass is 10.3. The molecular formula is C13H19NS. The lowest BCUT2D eigenvalue weighted by Crippen LogP contribution is -2.27. The number of rotatable bonds is 1. The van der Waals surface area contributed by atoms with E-state index in [0.717, 1.165) is 15.2 Å². The minimum absolute atomic E-state index is 0.769. The van der Waals surface area contributed by atoms with Gasteiger partial charge in [0.15, 0.2) is 0 Å². The van der Waals surface area contributed by atoms with Crippen molar-refractivity contribution in [1.29, 1.82) is 0 Å². The molecule has 1 heterocycles. The Morgan fingerprint density at radius 2 is 1.87 bits per heavy atom. The molecule has 1 N–H and O–H groups in total. The molecule has 0 aromatic carbocycles. The first-order chi connectivity index (χ1) is 7.27. The largest absolute Gasteiger partial charge is 0.346 e. The van der Waals surface area contributed by atoms with Gasteiger partial charge in [-0.3, -0.25) is 0 Å². The van der Waals surface area contributed by atoms with Crippen LogP contribution in [0.5, 0.6) is 0 Å². The van der Waals surface area contributed by atoms with Crippen LogP contribution in [0, 0.1) is 4.64 Å². The van der Waals surface area contributed by atoms with Gasteiger partial charge in [-0.15, -0.1) is 0 Å². The summed E-state index contributed by atoms with van der Waals surface area (Å²) in [5, 5.41) is 2.24. The highest BCUT2D eigenvalue weighted by Crippen LogP contribution is 1.76. The molecule has 0 saturated heterocycles. The first-order valence-corrected chi connectivity index (χ1v) is 5.67. The minimum atomic E-state index is 0.769. The van der Waals surface area contributed by atoms with Crippen molar-refractivity contribution >= 4 is 24.4 Å². The third-order valence-corrected chi connectivity index (χ3v) is 1.98. The van der Waals surface area contributed by atoms with Crippen LogP contribution in [-0.4, -0.2) is 4.98 Å². The molecule has 1 aromatic heterocycles. The molecule has 1 rings (SSSR count). The van der Waals surface area contributed by atoms with E-state index in [9.17, 15) is 0 Å². The van der Waals surface area contributed by atoms with E-state index < -0.39 is 0 Å². The lowest BCUT2D eigenvalue weighted by molar-refractivity contribution is 1.19. The molecule has 0 atom stereocenters. The Hall–Kier alpha value is -1.15. The second-order valence-electron chi connectivity index (χ2n) is 2.67. The van der Waals surface area contributed by atoms with Crippen LogP contribution in [0.1, 0.15) is 27.7 Å². The zero-order valence-electron chi connectivity index (χ0n) is 9.87. The second kappa shape index (κ2) is 8.18. The Kier molecular flexibility index (Phi) is 7.56. The van der Waals surface area contributed by atoms with Gasteiger partial charge in [-0.2, -0.15) is 0 Å². The van der Waals surface area contributed by atoms with Crippen LogP contribution >= 0.6 is 12.2 Å². The average Bonchev–Trinajstić information content (AvgIpc) is 2.30. The predicted molar refractivity (Wildman–Crippen MR) is 71.6 cm³/mol. The van der Waals surface area contributed by atoms with Gasteiger partial charge in [-0.1, -0.05) is 50.4 Å². The molecule has 1 aromatic rings. The number of aromatic nitrogens is 1. The number of pyridine rings is 1.